The quantitative estimate of drug-likeness (QED) is 0.682. The standard InChI is InChI=1S/C14H15FN6/c1-8-6-10(15)3-2-9(8)4-5-17-12-11-7-18-21-13(11)20-14(16)19-12/h2-3,6-7H,4-5H2,1H3,(H4,16,17,18,19,20,21). The second-order valence-corrected chi connectivity index (χ2v) is 4.81. The number of nitrogens with zero attached hydrogens (tertiary/aromatic N) is 3. The third kappa shape index (κ3) is 2.76. The summed E-state index contributed by atoms with van der Waals surface area (Å²) >= 11 is 0. The molecule has 108 valence electrons. The Morgan fingerprint density at radius 2 is 2.19 bits per heavy atom. The van der Waals surface area contributed by atoms with Gasteiger partial charge in [-0.1, -0.05) is 6.07 Å². The minimum Gasteiger partial charge on any atom is -0.369 e. The van der Waals surface area contributed by atoms with Gasteiger partial charge in [-0.05, 0) is 36.6 Å². The van der Waals surface area contributed by atoms with Crippen molar-refractivity contribution in [3.05, 3.63) is 41.3 Å². The molecule has 0 spiro atoms. The van der Waals surface area contributed by atoms with E-state index in [0.29, 0.717) is 18.0 Å². The molecule has 0 aliphatic rings. The Balaban J connectivity index is 1.73. The Hall–Kier alpha value is -2.70. The van der Waals surface area contributed by atoms with Gasteiger partial charge in [-0.25, -0.2) is 4.39 Å². The van der Waals surface area contributed by atoms with Gasteiger partial charge in [0, 0.05) is 6.54 Å². The first-order chi connectivity index (χ1) is 10.1. The molecular formula is C14H15FN6. The number of hydrogen-bond acceptors (Lipinski definition) is 5. The largest absolute Gasteiger partial charge is 0.369 e. The van der Waals surface area contributed by atoms with Crippen LogP contribution in [0, 0.1) is 12.7 Å². The molecule has 0 saturated carbocycles. The zero-order valence-electron chi connectivity index (χ0n) is 11.5. The summed E-state index contributed by atoms with van der Waals surface area (Å²) in [7, 11) is 0. The monoisotopic (exact) mass is 286 g/mol. The molecule has 0 aliphatic heterocycles. The average Bonchev–Trinajstić information content (AvgIpc) is 2.89. The summed E-state index contributed by atoms with van der Waals surface area (Å²) in [6, 6.07) is 4.81. The molecule has 0 bridgehead atoms. The fourth-order valence-electron chi connectivity index (χ4n) is 2.24. The van der Waals surface area contributed by atoms with Gasteiger partial charge in [-0.3, -0.25) is 5.10 Å². The van der Waals surface area contributed by atoms with Crippen molar-refractivity contribution in [1.82, 2.24) is 20.2 Å². The zero-order chi connectivity index (χ0) is 14.8. The van der Waals surface area contributed by atoms with Crippen LogP contribution in [0.4, 0.5) is 16.2 Å². The number of nitrogens with one attached hydrogen (secondary N) is 2. The number of hydrogen-bond donors (Lipinski definition) is 3. The summed E-state index contributed by atoms with van der Waals surface area (Å²) in [5, 5.41) is 10.7. The fraction of sp³-hybridized carbons (Fsp3) is 0.214. The van der Waals surface area contributed by atoms with Crippen LogP contribution in [0.3, 0.4) is 0 Å². The molecule has 21 heavy (non-hydrogen) atoms. The van der Waals surface area contributed by atoms with E-state index in [9.17, 15) is 4.39 Å². The predicted octanol–water partition coefficient (Wildman–Crippen LogP) is 2.04. The van der Waals surface area contributed by atoms with Gasteiger partial charge >= 0.3 is 0 Å². The highest BCUT2D eigenvalue weighted by atomic mass is 19.1. The Morgan fingerprint density at radius 3 is 3.00 bits per heavy atom. The van der Waals surface area contributed by atoms with Gasteiger partial charge in [0.15, 0.2) is 5.65 Å². The molecule has 2 aromatic heterocycles. The minimum absolute atomic E-state index is 0.187. The zero-order valence-corrected chi connectivity index (χ0v) is 11.5. The highest BCUT2D eigenvalue weighted by Gasteiger charge is 2.08. The lowest BCUT2D eigenvalue weighted by molar-refractivity contribution is 0.625. The van der Waals surface area contributed by atoms with Crippen molar-refractivity contribution in [3.63, 3.8) is 0 Å². The molecule has 0 amide bonds. The van der Waals surface area contributed by atoms with Crippen LogP contribution >= 0.6 is 0 Å². The summed E-state index contributed by atoms with van der Waals surface area (Å²) in [5.74, 6) is 0.617. The summed E-state index contributed by atoms with van der Waals surface area (Å²) < 4.78 is 13.1. The number of aromatic nitrogens is 4. The smallest absolute Gasteiger partial charge is 0.224 e. The van der Waals surface area contributed by atoms with Crippen LogP contribution < -0.4 is 11.1 Å². The van der Waals surface area contributed by atoms with E-state index in [0.717, 1.165) is 22.9 Å². The molecule has 6 nitrogen and oxygen atoms in total. The van der Waals surface area contributed by atoms with Gasteiger partial charge in [-0.2, -0.15) is 15.1 Å². The second kappa shape index (κ2) is 5.35. The molecule has 0 saturated heterocycles. The van der Waals surface area contributed by atoms with Crippen LogP contribution in [0.2, 0.25) is 0 Å². The first kappa shape index (κ1) is 13.3. The van der Waals surface area contributed by atoms with E-state index in [2.05, 4.69) is 25.5 Å². The van der Waals surface area contributed by atoms with E-state index < -0.39 is 0 Å². The first-order valence-corrected chi connectivity index (χ1v) is 6.59. The number of nitrogen functional groups attached to an aromatic ring is 1. The summed E-state index contributed by atoms with van der Waals surface area (Å²) in [5.41, 5.74) is 8.29. The van der Waals surface area contributed by atoms with E-state index in [4.69, 9.17) is 5.73 Å². The lowest BCUT2D eigenvalue weighted by Crippen LogP contribution is -2.09. The van der Waals surface area contributed by atoms with Crippen molar-refractivity contribution < 1.29 is 4.39 Å². The van der Waals surface area contributed by atoms with Crippen molar-refractivity contribution in [2.24, 2.45) is 0 Å². The van der Waals surface area contributed by atoms with Crippen molar-refractivity contribution >= 4 is 22.8 Å². The third-order valence-corrected chi connectivity index (χ3v) is 3.32. The van der Waals surface area contributed by atoms with Crippen LogP contribution in [0.25, 0.3) is 11.0 Å². The normalized spacial score (nSPS) is 11.0. The van der Waals surface area contributed by atoms with Crippen LogP contribution in [-0.2, 0) is 6.42 Å². The predicted molar refractivity (Wildman–Crippen MR) is 79.4 cm³/mol. The number of anilines is 2. The number of H-pyrrole nitrogens is 1. The fourth-order valence-corrected chi connectivity index (χ4v) is 2.24. The molecule has 0 aliphatic carbocycles. The Bertz CT molecular complexity index is 782. The van der Waals surface area contributed by atoms with E-state index in [1.807, 2.05) is 6.92 Å². The highest BCUT2D eigenvalue weighted by molar-refractivity contribution is 5.86. The van der Waals surface area contributed by atoms with E-state index in [1.165, 1.54) is 12.1 Å². The van der Waals surface area contributed by atoms with Crippen LogP contribution in [0.5, 0.6) is 0 Å². The molecule has 0 atom stereocenters. The molecule has 2 heterocycles. The molecule has 7 heteroatoms. The topological polar surface area (TPSA) is 92.5 Å². The molecule has 0 unspecified atom stereocenters. The second-order valence-electron chi connectivity index (χ2n) is 4.81. The maximum Gasteiger partial charge on any atom is 0.224 e. The molecule has 0 fully saturated rings. The Kier molecular flexibility index (Phi) is 3.39. The van der Waals surface area contributed by atoms with Crippen molar-refractivity contribution in [3.8, 4) is 0 Å². The van der Waals surface area contributed by atoms with E-state index in [-0.39, 0.29) is 11.8 Å². The number of nitrogens with two attached hydrogens (primary N) is 1. The molecule has 3 aromatic rings. The van der Waals surface area contributed by atoms with Gasteiger partial charge in [0.25, 0.3) is 0 Å². The summed E-state index contributed by atoms with van der Waals surface area (Å²) in [6.07, 6.45) is 2.41. The van der Waals surface area contributed by atoms with Gasteiger partial charge in [0.1, 0.15) is 11.6 Å². The lowest BCUT2D eigenvalue weighted by Gasteiger charge is -2.09. The number of benzene rings is 1. The van der Waals surface area contributed by atoms with Crippen molar-refractivity contribution in [2.75, 3.05) is 17.6 Å². The Labute approximate surface area is 120 Å². The molecule has 1 aromatic carbocycles. The highest BCUT2D eigenvalue weighted by Crippen LogP contribution is 2.19. The molecular weight excluding hydrogens is 271 g/mol. The lowest BCUT2D eigenvalue weighted by atomic mass is 10.1. The van der Waals surface area contributed by atoms with Crippen molar-refractivity contribution in [2.45, 2.75) is 13.3 Å². The van der Waals surface area contributed by atoms with Crippen LogP contribution in [0.15, 0.2) is 24.4 Å². The average molecular weight is 286 g/mol. The van der Waals surface area contributed by atoms with E-state index >= 15 is 0 Å². The van der Waals surface area contributed by atoms with Crippen LogP contribution in [0.1, 0.15) is 11.1 Å². The molecule has 4 N–H and O–H groups in total. The Morgan fingerprint density at radius 1 is 1.33 bits per heavy atom. The maximum atomic E-state index is 13.1. The van der Waals surface area contributed by atoms with Gasteiger partial charge in [-0.15, -0.1) is 0 Å². The number of halogens is 1. The molecule has 0 radical (unpaired) electrons. The SMILES string of the molecule is Cc1cc(F)ccc1CCNc1nc(N)nc2[nH]ncc12. The maximum absolute atomic E-state index is 13.1. The van der Waals surface area contributed by atoms with Gasteiger partial charge < -0.3 is 11.1 Å². The third-order valence-electron chi connectivity index (χ3n) is 3.32. The van der Waals surface area contributed by atoms with E-state index in [1.54, 1.807) is 12.3 Å². The summed E-state index contributed by atoms with van der Waals surface area (Å²) in [4.78, 5) is 8.23. The van der Waals surface area contributed by atoms with Gasteiger partial charge in [0.2, 0.25) is 5.95 Å². The van der Waals surface area contributed by atoms with Crippen LogP contribution in [-0.4, -0.2) is 26.7 Å². The number of fused-ring (bicyclic) bond motifs is 1. The minimum atomic E-state index is -0.215. The molecule has 3 rings (SSSR count). The number of aryl methyl sites for hydroxylation is 1. The van der Waals surface area contributed by atoms with Gasteiger partial charge in [0.05, 0.1) is 11.6 Å². The summed E-state index contributed by atoms with van der Waals surface area (Å²) in [6.45, 7) is 2.55. The number of aromatic amines is 1. The number of rotatable bonds is 4. The first-order valence-electron chi connectivity index (χ1n) is 6.59. The van der Waals surface area contributed by atoms with Crippen molar-refractivity contribution in [1.29, 1.82) is 0 Å².